The van der Waals surface area contributed by atoms with Crippen LogP contribution in [0.2, 0.25) is 0 Å². The summed E-state index contributed by atoms with van der Waals surface area (Å²) in [6, 6.07) is 0. The maximum absolute atomic E-state index is 3.95. The molecule has 0 nitrogen and oxygen atoms in total. The van der Waals surface area contributed by atoms with E-state index in [0.717, 1.165) is 7.31 Å². The molecular weight excluding hydrogens is 98.0 g/mol. The molecule has 0 aromatic rings. The van der Waals surface area contributed by atoms with Gasteiger partial charge in [0.15, 0.2) is 0 Å². The number of hydrogen-bond acceptors (Lipinski definition) is 0. The normalized spacial score (nSPS) is 6.60. The quantitative estimate of drug-likeness (QED) is 0.414. The number of hydrogen-bond donors (Lipinski definition) is 0. The van der Waals surface area contributed by atoms with E-state index in [-0.39, 0.29) is 0 Å². The predicted octanol–water partition coefficient (Wildman–Crippen LogP) is 2.47. The van der Waals surface area contributed by atoms with E-state index in [9.17, 15) is 0 Å². The molecule has 0 fully saturated rings. The molecule has 0 rings (SSSR count). The third-order valence-electron chi connectivity index (χ3n) is 0.200. The monoisotopic (exact) mass is 104 g/mol. The first kappa shape index (κ1) is 5.73. The summed E-state index contributed by atoms with van der Waals surface area (Å²) in [6.45, 7) is 4.10. The van der Waals surface area contributed by atoms with Gasteiger partial charge in [-0.2, -0.15) is 0 Å². The van der Waals surface area contributed by atoms with E-state index < -0.39 is 0 Å². The fourth-order valence-electron chi connectivity index (χ4n) is 0. The molecule has 0 heterocycles. The Morgan fingerprint density at radius 2 is 1.80 bits per heavy atom. The van der Waals surface area contributed by atoms with E-state index in [4.69, 9.17) is 0 Å². The third-order valence-corrected chi connectivity index (χ3v) is 1.80. The number of rotatable bonds is 0. The van der Waals surface area contributed by atoms with Crippen LogP contribution < -0.4 is 0 Å². The Bertz CT molecular complexity index is 93.8. The van der Waals surface area contributed by atoms with Crippen LogP contribution in [-0.2, 0) is 0 Å². The fourth-order valence-corrected chi connectivity index (χ4v) is 0. The van der Waals surface area contributed by atoms with Crippen molar-refractivity contribution in [1.29, 1.82) is 0 Å². The van der Waals surface area contributed by atoms with Gasteiger partial charge in [0, 0.05) is 0 Å². The van der Waals surface area contributed by atoms with Crippen molar-refractivity contribution in [2.24, 2.45) is 0 Å². The van der Waals surface area contributed by atoms with Gasteiger partial charge in [-0.05, 0) is 0 Å². The summed E-state index contributed by atoms with van der Waals surface area (Å²) >= 11 is 0. The van der Waals surface area contributed by atoms with Crippen LogP contribution in [0.1, 0.15) is 13.8 Å². The summed E-state index contributed by atoms with van der Waals surface area (Å²) in [4.78, 5) is 0. The van der Waals surface area contributed by atoms with Gasteiger partial charge >= 0.3 is 34.8 Å². The van der Waals surface area contributed by atoms with Crippen LogP contribution in [0.3, 0.4) is 0 Å². The molecule has 0 N–H and O–H groups in total. The van der Waals surface area contributed by atoms with Crippen LogP contribution in [0.5, 0.6) is 0 Å². The molecule has 0 aliphatic rings. The van der Waals surface area contributed by atoms with Crippen molar-refractivity contribution in [3.63, 3.8) is 0 Å². The van der Waals surface area contributed by atoms with Crippen molar-refractivity contribution >= 4 is 20.9 Å². The van der Waals surface area contributed by atoms with E-state index in [1.807, 2.05) is 0 Å². The van der Waals surface area contributed by atoms with Gasteiger partial charge in [-0.15, -0.1) is 0 Å². The molecule has 5 heavy (non-hydrogen) atoms. The van der Waals surface area contributed by atoms with Gasteiger partial charge in [0.2, 0.25) is 0 Å². The molecule has 0 unspecified atom stereocenters. The van der Waals surface area contributed by atoms with Crippen LogP contribution in [0.25, 0.3) is 0 Å². The topological polar surface area (TPSA) is 0 Å². The van der Waals surface area contributed by atoms with Crippen molar-refractivity contribution < 1.29 is 0 Å². The minimum atomic E-state index is 1.11. The van der Waals surface area contributed by atoms with E-state index in [2.05, 4.69) is 22.2 Å². The van der Waals surface area contributed by atoms with Crippen LogP contribution in [-0.4, -0.2) is 5.29 Å². The van der Waals surface area contributed by atoms with E-state index >= 15 is 0 Å². The van der Waals surface area contributed by atoms with Crippen molar-refractivity contribution in [3.8, 4) is 0 Å². The molecule has 0 spiro atoms. The third kappa shape index (κ3) is 4.73. The van der Waals surface area contributed by atoms with Crippen LogP contribution in [0.4, 0.5) is 0 Å². The first-order valence-corrected chi connectivity index (χ1v) is 3.47. The molecule has 0 aliphatic carbocycles. The molecule has 2 heteroatoms. The molecule has 0 saturated heterocycles. The van der Waals surface area contributed by atoms with Crippen molar-refractivity contribution in [3.05, 3.63) is 0 Å². The summed E-state index contributed by atoms with van der Waals surface area (Å²) < 4.78 is 0. The predicted molar refractivity (Wildman–Crippen MR) is 30.2 cm³/mol. The second-order valence-electron chi connectivity index (χ2n) is 1.05. The standard InChI is InChI=1S/C3H6P2/c1-3(2)5-4/h1-2H3. The van der Waals surface area contributed by atoms with Crippen LogP contribution in [0.15, 0.2) is 0 Å². The van der Waals surface area contributed by atoms with Gasteiger partial charge in [-0.25, -0.2) is 0 Å². The van der Waals surface area contributed by atoms with E-state index in [1.54, 1.807) is 0 Å². The molecule has 0 radical (unpaired) electrons. The Morgan fingerprint density at radius 1 is 1.60 bits per heavy atom. The second-order valence-corrected chi connectivity index (χ2v) is 2.74. The van der Waals surface area contributed by atoms with Crippen LogP contribution >= 0.6 is 15.6 Å². The Hall–Kier alpha value is 0.730. The zero-order chi connectivity index (χ0) is 4.28. The van der Waals surface area contributed by atoms with E-state index in [1.165, 1.54) is 5.29 Å². The SMILES string of the molecule is CC(C)=P#P. The summed E-state index contributed by atoms with van der Waals surface area (Å²) in [5, 5.41) is 1.34. The van der Waals surface area contributed by atoms with Gasteiger partial charge in [0.05, 0.1) is 0 Å². The molecule has 0 aromatic carbocycles. The van der Waals surface area contributed by atoms with Crippen molar-refractivity contribution in [1.82, 2.24) is 0 Å². The average molecular weight is 104 g/mol. The van der Waals surface area contributed by atoms with Gasteiger partial charge in [-0.3, -0.25) is 0 Å². The van der Waals surface area contributed by atoms with Gasteiger partial charge < -0.3 is 0 Å². The summed E-state index contributed by atoms with van der Waals surface area (Å²) in [7, 11) is 5.06. The molecule has 0 aliphatic heterocycles. The zero-order valence-corrected chi connectivity index (χ0v) is 5.18. The fraction of sp³-hybridized carbons (Fsp3) is 0.667. The van der Waals surface area contributed by atoms with Crippen molar-refractivity contribution in [2.45, 2.75) is 13.8 Å². The molecule has 0 atom stereocenters. The molecule has 0 aromatic heterocycles. The molecule has 0 bridgehead atoms. The second kappa shape index (κ2) is 2.94. The zero-order valence-electron chi connectivity index (χ0n) is 3.39. The minimum absolute atomic E-state index is 1.11. The first-order chi connectivity index (χ1) is 2.27. The Balaban J connectivity index is 3.79. The Morgan fingerprint density at radius 3 is 1.80 bits per heavy atom. The summed E-state index contributed by atoms with van der Waals surface area (Å²) in [5.74, 6) is 0. The summed E-state index contributed by atoms with van der Waals surface area (Å²) in [5.41, 5.74) is 0. The van der Waals surface area contributed by atoms with E-state index in [0.29, 0.717) is 0 Å². The van der Waals surface area contributed by atoms with Crippen molar-refractivity contribution in [2.75, 3.05) is 0 Å². The molecule has 0 saturated carbocycles. The molecule has 28 valence electrons. The average Bonchev–Trinajstić information content (AvgIpc) is 1.38. The summed E-state index contributed by atoms with van der Waals surface area (Å²) in [6.07, 6.45) is 0. The Kier molecular flexibility index (Phi) is 3.37. The van der Waals surface area contributed by atoms with Gasteiger partial charge in [-0.1, -0.05) is 0 Å². The molecular formula is C3H6P2. The van der Waals surface area contributed by atoms with Gasteiger partial charge in [0.1, 0.15) is 0 Å². The van der Waals surface area contributed by atoms with Crippen LogP contribution in [0, 0.1) is 0 Å². The first-order valence-electron chi connectivity index (χ1n) is 1.42. The molecule has 0 amide bonds. The van der Waals surface area contributed by atoms with Gasteiger partial charge in [0.25, 0.3) is 0 Å². The maximum atomic E-state index is 3.95. The Labute approximate surface area is 35.7 Å².